The summed E-state index contributed by atoms with van der Waals surface area (Å²) >= 11 is 0. The first-order valence-corrected chi connectivity index (χ1v) is 5.52. The van der Waals surface area contributed by atoms with Gasteiger partial charge in [0.2, 0.25) is 0 Å². The second-order valence-electron chi connectivity index (χ2n) is 3.97. The third-order valence-electron chi connectivity index (χ3n) is 2.77. The fraction of sp³-hybridized carbons (Fsp3) is 0.308. The van der Waals surface area contributed by atoms with Gasteiger partial charge in [-0.05, 0) is 31.2 Å². The number of pyridine rings is 1. The van der Waals surface area contributed by atoms with Gasteiger partial charge in [0, 0.05) is 37.7 Å². The summed E-state index contributed by atoms with van der Waals surface area (Å²) in [5.74, 6) is 0. The average molecular weight is 215 g/mol. The number of aryl methyl sites for hydroxylation is 1. The minimum Gasteiger partial charge on any atom is -0.353 e. The van der Waals surface area contributed by atoms with E-state index in [1.165, 1.54) is 5.69 Å². The maximum absolute atomic E-state index is 4.33. The summed E-state index contributed by atoms with van der Waals surface area (Å²) in [5, 5.41) is 3.46. The molecule has 0 aromatic carbocycles. The maximum atomic E-state index is 4.33. The summed E-state index contributed by atoms with van der Waals surface area (Å²) in [5.41, 5.74) is 2.36. The molecule has 16 heavy (non-hydrogen) atoms. The molecule has 3 nitrogen and oxygen atoms in total. The molecule has 2 rings (SSSR count). The molecule has 0 bridgehead atoms. The van der Waals surface area contributed by atoms with Crippen LogP contribution in [0.3, 0.4) is 0 Å². The SMILES string of the molecule is CC(NCc1cccn1C)c1ccccn1. The van der Waals surface area contributed by atoms with Crippen LogP contribution in [0.5, 0.6) is 0 Å². The van der Waals surface area contributed by atoms with Crippen molar-refractivity contribution in [3.63, 3.8) is 0 Å². The molecule has 1 N–H and O–H groups in total. The minimum atomic E-state index is 0.274. The number of rotatable bonds is 4. The highest BCUT2D eigenvalue weighted by Gasteiger charge is 2.05. The van der Waals surface area contributed by atoms with Gasteiger partial charge in [0.1, 0.15) is 0 Å². The summed E-state index contributed by atoms with van der Waals surface area (Å²) in [6.45, 7) is 2.99. The largest absolute Gasteiger partial charge is 0.353 e. The van der Waals surface area contributed by atoms with Crippen LogP contribution in [0.1, 0.15) is 24.4 Å². The van der Waals surface area contributed by atoms with Crippen LogP contribution >= 0.6 is 0 Å². The predicted octanol–water partition coefficient (Wildman–Crippen LogP) is 2.27. The molecule has 0 amide bonds. The molecule has 0 aliphatic carbocycles. The average Bonchev–Trinajstić information content (AvgIpc) is 2.73. The standard InChI is InChI=1S/C13H17N3/c1-11(13-7-3-4-8-14-13)15-10-12-6-5-9-16(12)2/h3-9,11,15H,10H2,1-2H3. The Kier molecular flexibility index (Phi) is 3.37. The van der Waals surface area contributed by atoms with Gasteiger partial charge < -0.3 is 9.88 Å². The molecule has 0 saturated heterocycles. The molecule has 84 valence electrons. The van der Waals surface area contributed by atoms with Gasteiger partial charge in [-0.3, -0.25) is 4.98 Å². The van der Waals surface area contributed by atoms with Gasteiger partial charge in [0.15, 0.2) is 0 Å². The molecule has 2 aromatic heterocycles. The Morgan fingerprint density at radius 3 is 2.81 bits per heavy atom. The first-order valence-electron chi connectivity index (χ1n) is 5.52. The van der Waals surface area contributed by atoms with Crippen LogP contribution < -0.4 is 5.32 Å². The number of hydrogen-bond acceptors (Lipinski definition) is 2. The summed E-state index contributed by atoms with van der Waals surface area (Å²) in [6, 6.07) is 10.5. The Morgan fingerprint density at radius 2 is 2.19 bits per heavy atom. The van der Waals surface area contributed by atoms with E-state index in [1.54, 1.807) is 0 Å². The summed E-state index contributed by atoms with van der Waals surface area (Å²) in [4.78, 5) is 4.33. The molecule has 1 atom stereocenters. The molecule has 3 heteroatoms. The Balaban J connectivity index is 1.94. The Bertz CT molecular complexity index is 433. The minimum absolute atomic E-state index is 0.274. The lowest BCUT2D eigenvalue weighted by Crippen LogP contribution is -2.20. The molecule has 0 radical (unpaired) electrons. The van der Waals surface area contributed by atoms with E-state index in [4.69, 9.17) is 0 Å². The van der Waals surface area contributed by atoms with Crippen LogP contribution in [0.4, 0.5) is 0 Å². The first-order chi connectivity index (χ1) is 7.77. The Hall–Kier alpha value is -1.61. The van der Waals surface area contributed by atoms with E-state index in [0.717, 1.165) is 12.2 Å². The van der Waals surface area contributed by atoms with Gasteiger partial charge in [0.05, 0.1) is 5.69 Å². The van der Waals surface area contributed by atoms with E-state index in [0.29, 0.717) is 0 Å². The molecule has 0 aliphatic heterocycles. The van der Waals surface area contributed by atoms with Gasteiger partial charge in [-0.1, -0.05) is 6.07 Å². The van der Waals surface area contributed by atoms with Crippen molar-refractivity contribution >= 4 is 0 Å². The highest BCUT2D eigenvalue weighted by Crippen LogP contribution is 2.09. The number of nitrogens with one attached hydrogen (secondary N) is 1. The molecule has 2 aromatic rings. The van der Waals surface area contributed by atoms with Crippen LogP contribution in [-0.2, 0) is 13.6 Å². The number of hydrogen-bond donors (Lipinski definition) is 1. The van der Waals surface area contributed by atoms with Crippen molar-refractivity contribution in [1.82, 2.24) is 14.9 Å². The van der Waals surface area contributed by atoms with Crippen molar-refractivity contribution in [3.05, 3.63) is 54.1 Å². The lowest BCUT2D eigenvalue weighted by molar-refractivity contribution is 0.546. The van der Waals surface area contributed by atoms with Crippen molar-refractivity contribution < 1.29 is 0 Å². The lowest BCUT2D eigenvalue weighted by atomic mass is 10.2. The second kappa shape index (κ2) is 4.94. The monoisotopic (exact) mass is 215 g/mol. The highest BCUT2D eigenvalue weighted by atomic mass is 15.0. The quantitative estimate of drug-likeness (QED) is 0.848. The molecule has 0 spiro atoms. The molecule has 2 heterocycles. The van der Waals surface area contributed by atoms with Crippen LogP contribution in [0.15, 0.2) is 42.7 Å². The molecule has 0 aliphatic rings. The van der Waals surface area contributed by atoms with Crippen molar-refractivity contribution in [2.24, 2.45) is 7.05 Å². The smallest absolute Gasteiger partial charge is 0.0570 e. The summed E-state index contributed by atoms with van der Waals surface area (Å²) in [7, 11) is 2.06. The zero-order chi connectivity index (χ0) is 11.4. The van der Waals surface area contributed by atoms with Crippen LogP contribution in [-0.4, -0.2) is 9.55 Å². The van der Waals surface area contributed by atoms with Gasteiger partial charge in [-0.2, -0.15) is 0 Å². The molecule has 1 unspecified atom stereocenters. The molecule has 0 saturated carbocycles. The molecule has 0 fully saturated rings. The van der Waals surface area contributed by atoms with Gasteiger partial charge in [0.25, 0.3) is 0 Å². The van der Waals surface area contributed by atoms with Crippen LogP contribution in [0.2, 0.25) is 0 Å². The van der Waals surface area contributed by atoms with E-state index in [-0.39, 0.29) is 6.04 Å². The third kappa shape index (κ3) is 2.49. The zero-order valence-electron chi connectivity index (χ0n) is 9.72. The van der Waals surface area contributed by atoms with E-state index in [1.807, 2.05) is 24.4 Å². The highest BCUT2D eigenvalue weighted by molar-refractivity contribution is 5.10. The maximum Gasteiger partial charge on any atom is 0.0570 e. The molecular formula is C13H17N3. The van der Waals surface area contributed by atoms with Gasteiger partial charge >= 0.3 is 0 Å². The van der Waals surface area contributed by atoms with Crippen molar-refractivity contribution in [2.75, 3.05) is 0 Å². The topological polar surface area (TPSA) is 29.9 Å². The van der Waals surface area contributed by atoms with E-state index >= 15 is 0 Å². The number of aromatic nitrogens is 2. The fourth-order valence-corrected chi connectivity index (χ4v) is 1.67. The lowest BCUT2D eigenvalue weighted by Gasteiger charge is -2.13. The summed E-state index contributed by atoms with van der Waals surface area (Å²) < 4.78 is 2.12. The van der Waals surface area contributed by atoms with Crippen LogP contribution in [0, 0.1) is 0 Å². The van der Waals surface area contributed by atoms with Crippen molar-refractivity contribution in [1.29, 1.82) is 0 Å². The van der Waals surface area contributed by atoms with Crippen molar-refractivity contribution in [3.8, 4) is 0 Å². The third-order valence-corrected chi connectivity index (χ3v) is 2.77. The number of nitrogens with zero attached hydrogens (tertiary/aromatic N) is 2. The normalized spacial score (nSPS) is 12.6. The predicted molar refractivity (Wildman–Crippen MR) is 64.9 cm³/mol. The Labute approximate surface area is 96.1 Å². The zero-order valence-corrected chi connectivity index (χ0v) is 9.72. The van der Waals surface area contributed by atoms with E-state index in [9.17, 15) is 0 Å². The molecular weight excluding hydrogens is 198 g/mol. The summed E-state index contributed by atoms with van der Waals surface area (Å²) in [6.07, 6.45) is 3.89. The van der Waals surface area contributed by atoms with E-state index in [2.05, 4.69) is 47.2 Å². The second-order valence-corrected chi connectivity index (χ2v) is 3.97. The van der Waals surface area contributed by atoms with Crippen LogP contribution in [0.25, 0.3) is 0 Å². The van der Waals surface area contributed by atoms with Gasteiger partial charge in [-0.25, -0.2) is 0 Å². The van der Waals surface area contributed by atoms with Gasteiger partial charge in [-0.15, -0.1) is 0 Å². The Morgan fingerprint density at radius 1 is 1.31 bits per heavy atom. The van der Waals surface area contributed by atoms with Crippen molar-refractivity contribution in [2.45, 2.75) is 19.5 Å². The first kappa shape index (κ1) is 10.9. The fourth-order valence-electron chi connectivity index (χ4n) is 1.67. The van der Waals surface area contributed by atoms with E-state index < -0.39 is 0 Å².